The molecule has 0 bridgehead atoms. The molecule has 1 aromatic rings. The Morgan fingerprint density at radius 2 is 1.95 bits per heavy atom. The van der Waals surface area contributed by atoms with Crippen LogP contribution >= 0.6 is 0 Å². The van der Waals surface area contributed by atoms with Crippen molar-refractivity contribution in [3.8, 4) is 12.3 Å². The third-order valence-corrected chi connectivity index (χ3v) is 5.29. The van der Waals surface area contributed by atoms with Crippen LogP contribution in [0.15, 0.2) is 24.3 Å². The van der Waals surface area contributed by atoms with Crippen LogP contribution in [0.2, 0.25) is 0 Å². The molecule has 0 aromatic heterocycles. The third-order valence-electron chi connectivity index (χ3n) is 3.43. The third kappa shape index (κ3) is 3.38. The largest absolute Gasteiger partial charge is 0.373 e. The van der Waals surface area contributed by atoms with Gasteiger partial charge in [-0.2, -0.15) is 12.7 Å². The molecular weight excluding hydrogens is 288 g/mol. The normalized spacial score (nSPS) is 23.5. The van der Waals surface area contributed by atoms with E-state index >= 15 is 0 Å². The maximum Gasteiger partial charge on any atom is 0.304 e. The highest BCUT2D eigenvalue weighted by molar-refractivity contribution is 7.90. The topological polar surface area (TPSA) is 49.9 Å². The Morgan fingerprint density at radius 3 is 2.52 bits per heavy atom. The Balaban J connectivity index is 2.28. The summed E-state index contributed by atoms with van der Waals surface area (Å²) in [6.07, 6.45) is 5.13. The van der Waals surface area contributed by atoms with Gasteiger partial charge in [0.05, 0.1) is 17.9 Å². The van der Waals surface area contributed by atoms with Crippen LogP contribution in [0.25, 0.3) is 0 Å². The molecule has 0 amide bonds. The van der Waals surface area contributed by atoms with Crippen molar-refractivity contribution in [1.29, 1.82) is 0 Å². The summed E-state index contributed by atoms with van der Waals surface area (Å²) in [7, 11) is -2.05. The van der Waals surface area contributed by atoms with Gasteiger partial charge in [-0.15, -0.1) is 6.42 Å². The van der Waals surface area contributed by atoms with Crippen LogP contribution in [-0.2, 0) is 14.9 Å². The first kappa shape index (κ1) is 15.8. The quantitative estimate of drug-likeness (QED) is 0.794. The fourth-order valence-electron chi connectivity index (χ4n) is 2.42. The second-order valence-electron chi connectivity index (χ2n) is 5.24. The van der Waals surface area contributed by atoms with E-state index in [4.69, 9.17) is 11.2 Å². The molecule has 6 heteroatoms. The molecule has 1 aromatic carbocycles. The number of benzene rings is 1. The van der Waals surface area contributed by atoms with Crippen LogP contribution in [0.4, 0.5) is 5.69 Å². The summed E-state index contributed by atoms with van der Waals surface area (Å²) in [5.41, 5.74) is 1.20. The van der Waals surface area contributed by atoms with Crippen LogP contribution in [0, 0.1) is 12.3 Å². The summed E-state index contributed by atoms with van der Waals surface area (Å²) in [5.74, 6) is 2.51. The molecule has 0 saturated carbocycles. The lowest BCUT2D eigenvalue weighted by atomic mass is 10.2. The summed E-state index contributed by atoms with van der Waals surface area (Å²) in [5, 5.41) is 0. The summed E-state index contributed by atoms with van der Waals surface area (Å²) in [6.45, 7) is 4.45. The Morgan fingerprint density at radius 1 is 1.33 bits per heavy atom. The van der Waals surface area contributed by atoms with E-state index in [0.717, 1.165) is 0 Å². The van der Waals surface area contributed by atoms with E-state index in [2.05, 4.69) is 5.92 Å². The average molecular weight is 308 g/mol. The molecule has 2 atom stereocenters. The van der Waals surface area contributed by atoms with Gasteiger partial charge in [-0.05, 0) is 32.0 Å². The zero-order chi connectivity index (χ0) is 15.6. The van der Waals surface area contributed by atoms with Gasteiger partial charge < -0.3 is 4.74 Å². The zero-order valence-electron chi connectivity index (χ0n) is 12.5. The van der Waals surface area contributed by atoms with Crippen LogP contribution in [0.5, 0.6) is 0 Å². The Hall–Kier alpha value is -1.55. The summed E-state index contributed by atoms with van der Waals surface area (Å²) in [6, 6.07) is 6.93. The van der Waals surface area contributed by atoms with Crippen molar-refractivity contribution in [2.24, 2.45) is 0 Å². The minimum absolute atomic E-state index is 0.117. The molecule has 1 heterocycles. The minimum atomic E-state index is -3.59. The second kappa shape index (κ2) is 6.06. The molecule has 21 heavy (non-hydrogen) atoms. The van der Waals surface area contributed by atoms with Gasteiger partial charge in [0, 0.05) is 25.7 Å². The van der Waals surface area contributed by atoms with Crippen molar-refractivity contribution in [1.82, 2.24) is 4.31 Å². The summed E-state index contributed by atoms with van der Waals surface area (Å²) < 4.78 is 33.7. The van der Waals surface area contributed by atoms with Crippen molar-refractivity contribution in [2.45, 2.75) is 26.1 Å². The van der Waals surface area contributed by atoms with Gasteiger partial charge in [0.1, 0.15) is 0 Å². The van der Waals surface area contributed by atoms with Gasteiger partial charge in [-0.25, -0.2) is 0 Å². The lowest BCUT2D eigenvalue weighted by Gasteiger charge is -2.36. The van der Waals surface area contributed by atoms with Gasteiger partial charge in [0.15, 0.2) is 0 Å². The molecule has 0 N–H and O–H groups in total. The summed E-state index contributed by atoms with van der Waals surface area (Å²) in [4.78, 5) is 0. The number of rotatable bonds is 3. The highest BCUT2D eigenvalue weighted by atomic mass is 32.2. The Bertz CT molecular complexity index is 641. The van der Waals surface area contributed by atoms with Crippen LogP contribution in [-0.4, -0.2) is 45.1 Å². The molecule has 0 aliphatic carbocycles. The molecule has 5 nitrogen and oxygen atoms in total. The number of morpholine rings is 1. The molecule has 1 aliphatic rings. The number of anilines is 1. The van der Waals surface area contributed by atoms with E-state index in [0.29, 0.717) is 24.3 Å². The first-order chi connectivity index (χ1) is 9.84. The van der Waals surface area contributed by atoms with Crippen molar-refractivity contribution < 1.29 is 13.2 Å². The van der Waals surface area contributed by atoms with E-state index in [-0.39, 0.29) is 12.2 Å². The molecule has 1 aliphatic heterocycles. The van der Waals surface area contributed by atoms with E-state index in [1.165, 1.54) is 15.7 Å². The van der Waals surface area contributed by atoms with Gasteiger partial charge in [-0.1, -0.05) is 12.0 Å². The SMILES string of the molecule is C#Cc1cccc(N(C)S(=O)(=O)N2C[C@@H](C)O[C@H](C)C2)c1. The van der Waals surface area contributed by atoms with E-state index in [1.54, 1.807) is 24.3 Å². The van der Waals surface area contributed by atoms with Crippen molar-refractivity contribution in [3.05, 3.63) is 29.8 Å². The number of ether oxygens (including phenoxy) is 1. The molecule has 2 rings (SSSR count). The number of hydrogen-bond donors (Lipinski definition) is 0. The fourth-order valence-corrected chi connectivity index (χ4v) is 3.94. The van der Waals surface area contributed by atoms with Crippen molar-refractivity contribution >= 4 is 15.9 Å². The van der Waals surface area contributed by atoms with Crippen molar-refractivity contribution in [3.63, 3.8) is 0 Å². The zero-order valence-corrected chi connectivity index (χ0v) is 13.3. The van der Waals surface area contributed by atoms with Gasteiger partial charge in [0.25, 0.3) is 0 Å². The molecule has 0 unspecified atom stereocenters. The second-order valence-corrected chi connectivity index (χ2v) is 7.20. The average Bonchev–Trinajstić information content (AvgIpc) is 2.45. The van der Waals surface area contributed by atoms with Gasteiger partial charge in [0.2, 0.25) is 0 Å². The van der Waals surface area contributed by atoms with Crippen LogP contribution in [0.1, 0.15) is 19.4 Å². The molecular formula is C15H20N2O3S. The smallest absolute Gasteiger partial charge is 0.304 e. The predicted molar refractivity (Wildman–Crippen MR) is 83.3 cm³/mol. The van der Waals surface area contributed by atoms with Gasteiger partial charge in [-0.3, -0.25) is 4.31 Å². The first-order valence-electron chi connectivity index (χ1n) is 6.80. The number of terminal acetylenes is 1. The highest BCUT2D eigenvalue weighted by Gasteiger charge is 2.33. The number of hydrogen-bond acceptors (Lipinski definition) is 3. The highest BCUT2D eigenvalue weighted by Crippen LogP contribution is 2.22. The number of nitrogens with zero attached hydrogens (tertiary/aromatic N) is 2. The molecule has 114 valence electrons. The Labute approximate surface area is 126 Å². The minimum Gasteiger partial charge on any atom is -0.373 e. The first-order valence-corrected chi connectivity index (χ1v) is 8.20. The van der Waals surface area contributed by atoms with Gasteiger partial charge >= 0.3 is 10.2 Å². The van der Waals surface area contributed by atoms with E-state index in [1.807, 2.05) is 13.8 Å². The van der Waals surface area contributed by atoms with Crippen LogP contribution in [0.3, 0.4) is 0 Å². The summed E-state index contributed by atoms with van der Waals surface area (Å²) >= 11 is 0. The van der Waals surface area contributed by atoms with Crippen LogP contribution < -0.4 is 4.31 Å². The lowest BCUT2D eigenvalue weighted by molar-refractivity contribution is -0.0441. The molecule has 1 saturated heterocycles. The molecule has 0 spiro atoms. The maximum absolute atomic E-state index is 12.7. The lowest BCUT2D eigenvalue weighted by Crippen LogP contribution is -2.52. The fraction of sp³-hybridized carbons (Fsp3) is 0.467. The van der Waals surface area contributed by atoms with E-state index in [9.17, 15) is 8.42 Å². The Kier molecular flexibility index (Phi) is 4.57. The molecule has 0 radical (unpaired) electrons. The molecule has 1 fully saturated rings. The standard InChI is InChI=1S/C15H20N2O3S/c1-5-14-7-6-8-15(9-14)16(4)21(18,19)17-10-12(2)20-13(3)11-17/h1,6-9,12-13H,10-11H2,2-4H3/t12-,13-/m1/s1. The van der Waals surface area contributed by atoms with Crippen molar-refractivity contribution in [2.75, 3.05) is 24.4 Å². The predicted octanol–water partition coefficient (Wildman–Crippen LogP) is 1.46. The monoisotopic (exact) mass is 308 g/mol. The van der Waals surface area contributed by atoms with E-state index < -0.39 is 10.2 Å². The maximum atomic E-state index is 12.7.